The van der Waals surface area contributed by atoms with Crippen molar-refractivity contribution in [1.82, 2.24) is 9.88 Å². The van der Waals surface area contributed by atoms with E-state index in [2.05, 4.69) is 11.4 Å². The number of aliphatic hydroxyl groups excluding tert-OH is 1. The van der Waals surface area contributed by atoms with Crippen LogP contribution in [0.15, 0.2) is 6.07 Å². The van der Waals surface area contributed by atoms with Gasteiger partial charge in [0.1, 0.15) is 11.8 Å². The molecule has 0 unspecified atom stereocenters. The van der Waals surface area contributed by atoms with Gasteiger partial charge in [-0.05, 0) is 18.6 Å². The van der Waals surface area contributed by atoms with Crippen LogP contribution in [0.3, 0.4) is 0 Å². The van der Waals surface area contributed by atoms with E-state index >= 15 is 0 Å². The van der Waals surface area contributed by atoms with Crippen LogP contribution in [-0.2, 0) is 13.6 Å². The summed E-state index contributed by atoms with van der Waals surface area (Å²) in [5, 5.41) is 20.5. The summed E-state index contributed by atoms with van der Waals surface area (Å²) in [6.45, 7) is 3.39. The van der Waals surface area contributed by atoms with Gasteiger partial charge in [-0.3, -0.25) is 0 Å². The lowest BCUT2D eigenvalue weighted by Crippen LogP contribution is -2.17. The Morgan fingerprint density at radius 3 is 2.86 bits per heavy atom. The summed E-state index contributed by atoms with van der Waals surface area (Å²) < 4.78 is 1.87. The Labute approximate surface area is 83.8 Å². The van der Waals surface area contributed by atoms with Crippen molar-refractivity contribution in [3.8, 4) is 6.07 Å². The van der Waals surface area contributed by atoms with Gasteiger partial charge in [0.25, 0.3) is 0 Å². The maximum atomic E-state index is 8.80. The van der Waals surface area contributed by atoms with Crippen molar-refractivity contribution in [2.75, 3.05) is 13.2 Å². The van der Waals surface area contributed by atoms with E-state index in [-0.39, 0.29) is 6.61 Å². The molecule has 76 valence electrons. The number of aliphatic hydroxyl groups is 1. The maximum absolute atomic E-state index is 8.80. The molecular formula is C10H15N3O. The summed E-state index contributed by atoms with van der Waals surface area (Å²) in [6, 6.07) is 4.01. The maximum Gasteiger partial charge on any atom is 0.120 e. The molecule has 0 aliphatic carbocycles. The van der Waals surface area contributed by atoms with Crippen LogP contribution in [0.4, 0.5) is 0 Å². The average molecular weight is 193 g/mol. The summed E-state index contributed by atoms with van der Waals surface area (Å²) in [5.41, 5.74) is 2.87. The van der Waals surface area contributed by atoms with Gasteiger partial charge >= 0.3 is 0 Å². The molecule has 1 heterocycles. The molecular weight excluding hydrogens is 178 g/mol. The van der Waals surface area contributed by atoms with Gasteiger partial charge < -0.3 is 15.0 Å². The molecule has 0 spiro atoms. The van der Waals surface area contributed by atoms with E-state index in [0.717, 1.165) is 11.3 Å². The highest BCUT2D eigenvalue weighted by atomic mass is 16.3. The third-order valence-electron chi connectivity index (χ3n) is 2.36. The lowest BCUT2D eigenvalue weighted by molar-refractivity contribution is 0.292. The Hall–Kier alpha value is -1.31. The molecule has 0 fully saturated rings. The smallest absolute Gasteiger partial charge is 0.120 e. The van der Waals surface area contributed by atoms with Gasteiger partial charge in [-0.1, -0.05) is 0 Å². The van der Waals surface area contributed by atoms with Crippen LogP contribution in [0.2, 0.25) is 0 Å². The summed E-state index contributed by atoms with van der Waals surface area (Å²) in [6.07, 6.45) is 0. The molecule has 0 radical (unpaired) electrons. The second kappa shape index (κ2) is 4.80. The van der Waals surface area contributed by atoms with E-state index in [1.54, 1.807) is 0 Å². The molecule has 2 N–H and O–H groups in total. The lowest BCUT2D eigenvalue weighted by Gasteiger charge is -2.03. The summed E-state index contributed by atoms with van der Waals surface area (Å²) >= 11 is 0. The Balaban J connectivity index is 2.74. The fraction of sp³-hybridized carbons (Fsp3) is 0.500. The van der Waals surface area contributed by atoms with E-state index in [0.29, 0.717) is 18.8 Å². The number of hydrogen-bond acceptors (Lipinski definition) is 3. The van der Waals surface area contributed by atoms with Crippen molar-refractivity contribution in [3.05, 3.63) is 23.0 Å². The van der Waals surface area contributed by atoms with Crippen molar-refractivity contribution < 1.29 is 5.11 Å². The van der Waals surface area contributed by atoms with E-state index in [9.17, 15) is 0 Å². The van der Waals surface area contributed by atoms with E-state index in [1.807, 2.05) is 24.6 Å². The number of nitrogens with one attached hydrogen (secondary N) is 1. The predicted molar refractivity (Wildman–Crippen MR) is 53.7 cm³/mol. The first-order valence-corrected chi connectivity index (χ1v) is 4.57. The molecule has 1 aromatic rings. The first kappa shape index (κ1) is 10.8. The second-order valence-corrected chi connectivity index (χ2v) is 3.21. The standard InChI is InChI=1S/C10H15N3O/c1-8-9(7-12-3-4-14)5-10(6-11)13(8)2/h5,12,14H,3-4,7H2,1-2H3. The first-order chi connectivity index (χ1) is 6.70. The van der Waals surface area contributed by atoms with Gasteiger partial charge in [0.2, 0.25) is 0 Å². The monoisotopic (exact) mass is 193 g/mol. The van der Waals surface area contributed by atoms with Gasteiger partial charge in [-0.25, -0.2) is 0 Å². The molecule has 1 aromatic heterocycles. The number of hydrogen-bond donors (Lipinski definition) is 2. The Bertz CT molecular complexity index is 349. The molecule has 0 aliphatic rings. The second-order valence-electron chi connectivity index (χ2n) is 3.21. The predicted octanol–water partition coefficient (Wildman–Crippen LogP) is 0.287. The van der Waals surface area contributed by atoms with E-state index in [1.165, 1.54) is 0 Å². The quantitative estimate of drug-likeness (QED) is 0.675. The third-order valence-corrected chi connectivity index (χ3v) is 2.36. The van der Waals surface area contributed by atoms with Gasteiger partial charge in [0.15, 0.2) is 0 Å². The molecule has 0 saturated heterocycles. The molecule has 0 atom stereocenters. The van der Waals surface area contributed by atoms with Crippen LogP contribution < -0.4 is 5.32 Å². The molecule has 14 heavy (non-hydrogen) atoms. The molecule has 0 saturated carbocycles. The van der Waals surface area contributed by atoms with Crippen LogP contribution in [0.5, 0.6) is 0 Å². The molecule has 1 rings (SSSR count). The molecule has 4 heteroatoms. The minimum Gasteiger partial charge on any atom is -0.395 e. The zero-order valence-electron chi connectivity index (χ0n) is 8.54. The van der Waals surface area contributed by atoms with Crippen molar-refractivity contribution in [2.45, 2.75) is 13.5 Å². The first-order valence-electron chi connectivity index (χ1n) is 4.57. The van der Waals surface area contributed by atoms with Crippen molar-refractivity contribution in [2.24, 2.45) is 7.05 Å². The van der Waals surface area contributed by atoms with Crippen molar-refractivity contribution in [3.63, 3.8) is 0 Å². The van der Waals surface area contributed by atoms with Crippen LogP contribution in [0, 0.1) is 18.3 Å². The highest BCUT2D eigenvalue weighted by Gasteiger charge is 2.07. The van der Waals surface area contributed by atoms with Gasteiger partial charge in [0, 0.05) is 25.8 Å². The normalized spacial score (nSPS) is 10.1. The van der Waals surface area contributed by atoms with E-state index < -0.39 is 0 Å². The molecule has 0 bridgehead atoms. The third kappa shape index (κ3) is 2.13. The fourth-order valence-electron chi connectivity index (χ4n) is 1.35. The summed E-state index contributed by atoms with van der Waals surface area (Å²) in [7, 11) is 1.88. The summed E-state index contributed by atoms with van der Waals surface area (Å²) in [4.78, 5) is 0. The van der Waals surface area contributed by atoms with Crippen LogP contribution in [0.1, 0.15) is 17.0 Å². The number of rotatable bonds is 4. The van der Waals surface area contributed by atoms with Gasteiger partial charge in [0.05, 0.1) is 6.61 Å². The molecule has 0 aliphatic heterocycles. The van der Waals surface area contributed by atoms with Gasteiger partial charge in [-0.15, -0.1) is 0 Å². The number of nitrogens with zero attached hydrogens (tertiary/aromatic N) is 2. The Morgan fingerprint density at radius 2 is 2.36 bits per heavy atom. The number of aromatic nitrogens is 1. The van der Waals surface area contributed by atoms with Crippen molar-refractivity contribution >= 4 is 0 Å². The highest BCUT2D eigenvalue weighted by molar-refractivity contribution is 5.33. The molecule has 0 aromatic carbocycles. The Morgan fingerprint density at radius 1 is 1.64 bits per heavy atom. The molecule has 4 nitrogen and oxygen atoms in total. The fourth-order valence-corrected chi connectivity index (χ4v) is 1.35. The SMILES string of the molecule is Cc1c(CNCCO)cc(C#N)n1C. The zero-order chi connectivity index (χ0) is 10.6. The Kier molecular flexibility index (Phi) is 3.69. The highest BCUT2D eigenvalue weighted by Crippen LogP contribution is 2.12. The number of nitriles is 1. The largest absolute Gasteiger partial charge is 0.395 e. The average Bonchev–Trinajstić information content (AvgIpc) is 2.46. The summed E-state index contributed by atoms with van der Waals surface area (Å²) in [5.74, 6) is 0. The van der Waals surface area contributed by atoms with Crippen LogP contribution >= 0.6 is 0 Å². The van der Waals surface area contributed by atoms with E-state index in [4.69, 9.17) is 10.4 Å². The minimum absolute atomic E-state index is 0.136. The van der Waals surface area contributed by atoms with Crippen LogP contribution in [0.25, 0.3) is 0 Å². The molecule has 0 amide bonds. The minimum atomic E-state index is 0.136. The van der Waals surface area contributed by atoms with Crippen LogP contribution in [-0.4, -0.2) is 22.8 Å². The lowest BCUT2D eigenvalue weighted by atomic mass is 10.2. The zero-order valence-corrected chi connectivity index (χ0v) is 8.54. The topological polar surface area (TPSA) is 61.0 Å². The van der Waals surface area contributed by atoms with Gasteiger partial charge in [-0.2, -0.15) is 5.26 Å². The van der Waals surface area contributed by atoms with Crippen molar-refractivity contribution in [1.29, 1.82) is 5.26 Å².